The normalized spacial score (nSPS) is 11.1. The maximum absolute atomic E-state index is 6.25. The summed E-state index contributed by atoms with van der Waals surface area (Å²) in [5.41, 5.74) is 4.68. The summed E-state index contributed by atoms with van der Waals surface area (Å²) in [6, 6.07) is 10.0. The quantitative estimate of drug-likeness (QED) is 0.427. The molecule has 0 unspecified atom stereocenters. The first-order valence-electron chi connectivity index (χ1n) is 8.34. The SMILES string of the molecule is Cc1cc(-c2ccnn2C)c2cccc(OCc3c(Cl)cncc3Br)c2n1. The summed E-state index contributed by atoms with van der Waals surface area (Å²) in [6.07, 6.45) is 5.11. The number of aryl methyl sites for hydroxylation is 2. The van der Waals surface area contributed by atoms with Gasteiger partial charge in [-0.2, -0.15) is 5.10 Å². The van der Waals surface area contributed by atoms with Crippen molar-refractivity contribution in [3.63, 3.8) is 0 Å². The topological polar surface area (TPSA) is 52.8 Å². The van der Waals surface area contributed by atoms with E-state index in [0.717, 1.165) is 37.9 Å². The van der Waals surface area contributed by atoms with Crippen LogP contribution in [-0.2, 0) is 13.7 Å². The molecule has 0 spiro atoms. The van der Waals surface area contributed by atoms with Crippen molar-refractivity contribution in [3.05, 3.63) is 69.7 Å². The lowest BCUT2D eigenvalue weighted by molar-refractivity contribution is 0.308. The first-order valence-corrected chi connectivity index (χ1v) is 9.51. The average Bonchev–Trinajstić information content (AvgIpc) is 3.06. The third kappa shape index (κ3) is 3.42. The molecule has 0 saturated heterocycles. The second-order valence-corrected chi connectivity index (χ2v) is 7.44. The maximum Gasteiger partial charge on any atom is 0.146 e. The molecule has 4 rings (SSSR count). The van der Waals surface area contributed by atoms with Crippen LogP contribution in [0, 0.1) is 6.92 Å². The molecule has 0 aliphatic heterocycles. The largest absolute Gasteiger partial charge is 0.487 e. The van der Waals surface area contributed by atoms with Crippen LogP contribution < -0.4 is 4.74 Å². The number of rotatable bonds is 4. The summed E-state index contributed by atoms with van der Waals surface area (Å²) in [4.78, 5) is 8.78. The molecule has 0 aliphatic carbocycles. The van der Waals surface area contributed by atoms with E-state index in [1.807, 2.05) is 42.9 Å². The maximum atomic E-state index is 6.25. The molecule has 3 heterocycles. The van der Waals surface area contributed by atoms with Gasteiger partial charge in [0.25, 0.3) is 0 Å². The first-order chi connectivity index (χ1) is 13.0. The number of ether oxygens (including phenoxy) is 1. The van der Waals surface area contributed by atoms with Gasteiger partial charge < -0.3 is 4.74 Å². The Labute approximate surface area is 170 Å². The third-order valence-corrected chi connectivity index (χ3v) is 5.36. The van der Waals surface area contributed by atoms with Crippen LogP contribution in [0.5, 0.6) is 5.75 Å². The van der Waals surface area contributed by atoms with Crippen LogP contribution in [0.1, 0.15) is 11.3 Å². The Morgan fingerprint density at radius 3 is 2.81 bits per heavy atom. The van der Waals surface area contributed by atoms with Crippen LogP contribution in [0.3, 0.4) is 0 Å². The highest BCUT2D eigenvalue weighted by molar-refractivity contribution is 9.10. The summed E-state index contributed by atoms with van der Waals surface area (Å²) in [7, 11) is 1.93. The van der Waals surface area contributed by atoms with Crippen molar-refractivity contribution in [1.82, 2.24) is 19.7 Å². The molecular weight excluding hydrogens is 428 g/mol. The third-order valence-electron chi connectivity index (χ3n) is 4.35. The molecule has 5 nitrogen and oxygen atoms in total. The smallest absolute Gasteiger partial charge is 0.146 e. The molecule has 4 aromatic rings. The van der Waals surface area contributed by atoms with Crippen molar-refractivity contribution in [2.24, 2.45) is 7.05 Å². The Kier molecular flexibility index (Phi) is 4.85. The molecule has 0 amide bonds. The predicted molar refractivity (Wildman–Crippen MR) is 110 cm³/mol. The highest BCUT2D eigenvalue weighted by Crippen LogP contribution is 2.34. The molecular formula is C20H16BrClN4O. The van der Waals surface area contributed by atoms with Crippen LogP contribution >= 0.6 is 27.5 Å². The van der Waals surface area contributed by atoms with E-state index < -0.39 is 0 Å². The van der Waals surface area contributed by atoms with E-state index >= 15 is 0 Å². The molecule has 7 heteroatoms. The monoisotopic (exact) mass is 442 g/mol. The van der Waals surface area contributed by atoms with Gasteiger partial charge in [0.05, 0.1) is 10.7 Å². The zero-order chi connectivity index (χ0) is 19.0. The number of hydrogen-bond acceptors (Lipinski definition) is 4. The fourth-order valence-electron chi connectivity index (χ4n) is 3.04. The predicted octanol–water partition coefficient (Wildman–Crippen LogP) is 5.33. The molecule has 0 aliphatic rings. The standard InChI is InChI=1S/C20H16BrClN4O/c1-12-8-14(18-6-7-24-26(18)2)13-4-3-5-19(20(13)25-12)27-11-15-16(21)9-23-10-17(15)22/h3-10H,11H2,1-2H3. The fourth-order valence-corrected chi connectivity index (χ4v) is 3.82. The number of para-hydroxylation sites is 1. The lowest BCUT2D eigenvalue weighted by Gasteiger charge is -2.13. The number of fused-ring (bicyclic) bond motifs is 1. The first kappa shape index (κ1) is 17.9. The number of benzene rings is 1. The van der Waals surface area contributed by atoms with Crippen molar-refractivity contribution < 1.29 is 4.74 Å². The van der Waals surface area contributed by atoms with Gasteiger partial charge in [-0.1, -0.05) is 23.7 Å². The van der Waals surface area contributed by atoms with Crippen LogP contribution in [0.4, 0.5) is 0 Å². The van der Waals surface area contributed by atoms with Crippen LogP contribution in [-0.4, -0.2) is 19.7 Å². The van der Waals surface area contributed by atoms with Crippen molar-refractivity contribution >= 4 is 38.4 Å². The number of hydrogen-bond donors (Lipinski definition) is 0. The van der Waals surface area contributed by atoms with Gasteiger partial charge in [-0.05, 0) is 41.1 Å². The molecule has 0 saturated carbocycles. The second kappa shape index (κ2) is 7.29. The Morgan fingerprint density at radius 2 is 2.07 bits per heavy atom. The van der Waals surface area contributed by atoms with Crippen molar-refractivity contribution in [1.29, 1.82) is 0 Å². The molecule has 0 fully saturated rings. The molecule has 0 radical (unpaired) electrons. The van der Waals surface area contributed by atoms with E-state index in [1.165, 1.54) is 0 Å². The zero-order valence-corrected chi connectivity index (χ0v) is 17.1. The molecule has 27 heavy (non-hydrogen) atoms. The van der Waals surface area contributed by atoms with Gasteiger partial charge in [0, 0.05) is 52.3 Å². The van der Waals surface area contributed by atoms with E-state index in [9.17, 15) is 0 Å². The van der Waals surface area contributed by atoms with Gasteiger partial charge in [0.1, 0.15) is 17.9 Å². The zero-order valence-electron chi connectivity index (χ0n) is 14.8. The van der Waals surface area contributed by atoms with Crippen molar-refractivity contribution in [2.75, 3.05) is 0 Å². The summed E-state index contributed by atoms with van der Waals surface area (Å²) in [6.45, 7) is 2.30. The number of halogens is 2. The van der Waals surface area contributed by atoms with Crippen molar-refractivity contribution in [3.8, 4) is 17.0 Å². The lowest BCUT2D eigenvalue weighted by Crippen LogP contribution is -2.01. The van der Waals surface area contributed by atoms with Crippen LogP contribution in [0.15, 0.2) is 53.4 Å². The van der Waals surface area contributed by atoms with E-state index in [-0.39, 0.29) is 0 Å². The van der Waals surface area contributed by atoms with Gasteiger partial charge in [0.15, 0.2) is 0 Å². The Morgan fingerprint density at radius 1 is 1.22 bits per heavy atom. The minimum absolute atomic E-state index is 0.317. The van der Waals surface area contributed by atoms with Gasteiger partial charge >= 0.3 is 0 Å². The summed E-state index contributed by atoms with van der Waals surface area (Å²) < 4.78 is 8.77. The van der Waals surface area contributed by atoms with Gasteiger partial charge in [-0.15, -0.1) is 0 Å². The van der Waals surface area contributed by atoms with Crippen molar-refractivity contribution in [2.45, 2.75) is 13.5 Å². The number of aromatic nitrogens is 4. The summed E-state index contributed by atoms with van der Waals surface area (Å²) in [5.74, 6) is 0.708. The van der Waals surface area contributed by atoms with Crippen LogP contribution in [0.2, 0.25) is 5.02 Å². The highest BCUT2D eigenvalue weighted by atomic mass is 79.9. The van der Waals surface area contributed by atoms with Gasteiger partial charge in [-0.25, -0.2) is 4.98 Å². The van der Waals surface area contributed by atoms with Crippen LogP contribution in [0.25, 0.3) is 22.2 Å². The molecule has 0 N–H and O–H groups in total. The number of nitrogens with zero attached hydrogens (tertiary/aromatic N) is 4. The van der Waals surface area contributed by atoms with E-state index in [4.69, 9.17) is 21.3 Å². The van der Waals surface area contributed by atoms with Gasteiger partial charge in [-0.3, -0.25) is 9.67 Å². The average molecular weight is 444 g/mol. The molecule has 136 valence electrons. The Hall–Kier alpha value is -2.44. The number of pyridine rings is 2. The Bertz CT molecular complexity index is 1120. The van der Waals surface area contributed by atoms with Gasteiger partial charge in [0.2, 0.25) is 0 Å². The molecule has 3 aromatic heterocycles. The minimum atomic E-state index is 0.317. The summed E-state index contributed by atoms with van der Waals surface area (Å²) >= 11 is 9.73. The molecule has 0 atom stereocenters. The summed E-state index contributed by atoms with van der Waals surface area (Å²) in [5, 5.41) is 5.86. The van der Waals surface area contributed by atoms with E-state index in [1.54, 1.807) is 18.6 Å². The Balaban J connectivity index is 1.79. The molecule has 0 bridgehead atoms. The minimum Gasteiger partial charge on any atom is -0.487 e. The highest BCUT2D eigenvalue weighted by Gasteiger charge is 2.14. The molecule has 1 aromatic carbocycles. The van der Waals surface area contributed by atoms with E-state index in [0.29, 0.717) is 17.4 Å². The van der Waals surface area contributed by atoms with E-state index in [2.05, 4.69) is 32.1 Å². The lowest BCUT2D eigenvalue weighted by atomic mass is 10.0. The second-order valence-electron chi connectivity index (χ2n) is 6.17. The fraction of sp³-hybridized carbons (Fsp3) is 0.150.